The second-order valence-electron chi connectivity index (χ2n) is 4.43. The number of hydrogen-bond donors (Lipinski definition) is 2. The summed E-state index contributed by atoms with van der Waals surface area (Å²) >= 11 is 0. The first-order chi connectivity index (χ1) is 10.3. The van der Waals surface area contributed by atoms with E-state index in [9.17, 15) is 17.6 Å². The van der Waals surface area contributed by atoms with Gasteiger partial charge in [-0.2, -0.15) is 13.2 Å². The molecular formula is C14H11F4N3O. The smallest absolute Gasteiger partial charge is 0.411 e. The van der Waals surface area contributed by atoms with Gasteiger partial charge in [0.2, 0.25) is 0 Å². The summed E-state index contributed by atoms with van der Waals surface area (Å²) in [6.45, 7) is 1.52. The number of pyridine rings is 1. The second-order valence-corrected chi connectivity index (χ2v) is 4.43. The standard InChI is InChI=1S/C14H11F4N3O/c1-8(21-22)12-5-3-10(7-19-12)20-13-4-2-9(15)6-11(13)14(16,17)18/h2-7,20,22H,1H3/b21-8+. The molecule has 0 aliphatic carbocycles. The van der Waals surface area contributed by atoms with E-state index in [2.05, 4.69) is 15.5 Å². The molecule has 1 aromatic heterocycles. The van der Waals surface area contributed by atoms with Gasteiger partial charge in [-0.05, 0) is 37.3 Å². The van der Waals surface area contributed by atoms with Crippen LogP contribution in [0.15, 0.2) is 41.7 Å². The third-order valence-electron chi connectivity index (χ3n) is 2.85. The number of nitrogens with one attached hydrogen (secondary N) is 1. The molecule has 1 aromatic carbocycles. The van der Waals surface area contributed by atoms with Crippen LogP contribution in [0, 0.1) is 5.82 Å². The summed E-state index contributed by atoms with van der Waals surface area (Å²) in [5.41, 5.74) is -0.459. The summed E-state index contributed by atoms with van der Waals surface area (Å²) < 4.78 is 51.7. The third-order valence-corrected chi connectivity index (χ3v) is 2.85. The summed E-state index contributed by atoms with van der Waals surface area (Å²) in [6, 6.07) is 5.32. The van der Waals surface area contributed by atoms with Crippen molar-refractivity contribution in [2.45, 2.75) is 13.1 Å². The zero-order valence-electron chi connectivity index (χ0n) is 11.3. The molecule has 116 valence electrons. The minimum absolute atomic E-state index is 0.268. The van der Waals surface area contributed by atoms with Crippen LogP contribution in [0.5, 0.6) is 0 Å². The lowest BCUT2D eigenvalue weighted by Gasteiger charge is -2.14. The fraction of sp³-hybridized carbons (Fsp3) is 0.143. The maximum Gasteiger partial charge on any atom is 0.418 e. The molecule has 22 heavy (non-hydrogen) atoms. The quantitative estimate of drug-likeness (QED) is 0.387. The van der Waals surface area contributed by atoms with Gasteiger partial charge in [-0.1, -0.05) is 5.16 Å². The fourth-order valence-electron chi connectivity index (χ4n) is 1.75. The molecule has 0 aliphatic rings. The largest absolute Gasteiger partial charge is 0.418 e. The van der Waals surface area contributed by atoms with Crippen LogP contribution in [-0.4, -0.2) is 15.9 Å². The molecule has 0 spiro atoms. The molecule has 8 heteroatoms. The molecule has 0 fully saturated rings. The SMILES string of the molecule is C/C(=N\O)c1ccc(Nc2ccc(F)cc2C(F)(F)F)cn1. The van der Waals surface area contributed by atoms with Crippen LogP contribution in [-0.2, 0) is 6.18 Å². The highest BCUT2D eigenvalue weighted by Gasteiger charge is 2.34. The van der Waals surface area contributed by atoms with Crippen LogP contribution in [0.1, 0.15) is 18.2 Å². The highest BCUT2D eigenvalue weighted by atomic mass is 19.4. The van der Waals surface area contributed by atoms with Gasteiger partial charge in [-0.25, -0.2) is 4.39 Å². The highest BCUT2D eigenvalue weighted by molar-refractivity contribution is 5.96. The van der Waals surface area contributed by atoms with Gasteiger partial charge in [-0.15, -0.1) is 0 Å². The normalized spacial score (nSPS) is 12.3. The number of alkyl halides is 3. The predicted octanol–water partition coefficient (Wildman–Crippen LogP) is 4.18. The van der Waals surface area contributed by atoms with Crippen molar-refractivity contribution in [3.05, 3.63) is 53.6 Å². The second kappa shape index (κ2) is 6.00. The maximum atomic E-state index is 13.0. The number of nitrogens with zero attached hydrogens (tertiary/aromatic N) is 2. The van der Waals surface area contributed by atoms with E-state index >= 15 is 0 Å². The van der Waals surface area contributed by atoms with Gasteiger partial charge >= 0.3 is 6.18 Å². The highest BCUT2D eigenvalue weighted by Crippen LogP contribution is 2.36. The zero-order chi connectivity index (χ0) is 16.3. The van der Waals surface area contributed by atoms with Crippen molar-refractivity contribution in [1.29, 1.82) is 0 Å². The lowest BCUT2D eigenvalue weighted by Crippen LogP contribution is -2.09. The Kier molecular flexibility index (Phi) is 4.30. The molecule has 0 radical (unpaired) electrons. The predicted molar refractivity (Wildman–Crippen MR) is 72.9 cm³/mol. The first kappa shape index (κ1) is 15.7. The van der Waals surface area contributed by atoms with Crippen molar-refractivity contribution >= 4 is 17.1 Å². The molecule has 0 unspecified atom stereocenters. The van der Waals surface area contributed by atoms with Gasteiger partial charge in [-0.3, -0.25) is 4.98 Å². The number of benzene rings is 1. The Morgan fingerprint density at radius 1 is 1.23 bits per heavy atom. The minimum atomic E-state index is -4.68. The van der Waals surface area contributed by atoms with Crippen molar-refractivity contribution in [2.24, 2.45) is 5.16 Å². The molecule has 0 saturated heterocycles. The van der Waals surface area contributed by atoms with Gasteiger partial charge in [0.1, 0.15) is 11.5 Å². The first-order valence-electron chi connectivity index (χ1n) is 6.10. The molecule has 0 saturated carbocycles. The molecule has 2 rings (SSSR count). The third kappa shape index (κ3) is 3.51. The van der Waals surface area contributed by atoms with Crippen molar-refractivity contribution in [1.82, 2.24) is 4.98 Å². The Balaban J connectivity index is 2.31. The maximum absolute atomic E-state index is 13.0. The number of rotatable bonds is 3. The van der Waals surface area contributed by atoms with Gasteiger partial charge in [0.05, 0.1) is 28.8 Å². The number of aromatic nitrogens is 1. The summed E-state index contributed by atoms with van der Waals surface area (Å²) in [7, 11) is 0. The van der Waals surface area contributed by atoms with Crippen LogP contribution >= 0.6 is 0 Å². The van der Waals surface area contributed by atoms with Gasteiger partial charge < -0.3 is 10.5 Å². The molecular weight excluding hydrogens is 302 g/mol. The van der Waals surface area contributed by atoms with Crippen molar-refractivity contribution in [3.8, 4) is 0 Å². The summed E-state index contributed by atoms with van der Waals surface area (Å²) in [6.07, 6.45) is -3.40. The van der Waals surface area contributed by atoms with Crippen molar-refractivity contribution < 1.29 is 22.8 Å². The van der Waals surface area contributed by atoms with E-state index in [1.165, 1.54) is 25.3 Å². The van der Waals surface area contributed by atoms with E-state index < -0.39 is 17.6 Å². The number of oxime groups is 1. The van der Waals surface area contributed by atoms with E-state index in [-0.39, 0.29) is 17.1 Å². The molecule has 4 nitrogen and oxygen atoms in total. The van der Waals surface area contributed by atoms with Crippen LogP contribution in [0.25, 0.3) is 0 Å². The van der Waals surface area contributed by atoms with E-state index in [4.69, 9.17) is 5.21 Å². The molecule has 2 aromatic rings. The number of anilines is 2. The van der Waals surface area contributed by atoms with Crippen LogP contribution in [0.2, 0.25) is 0 Å². The van der Waals surface area contributed by atoms with Crippen molar-refractivity contribution in [3.63, 3.8) is 0 Å². The zero-order valence-corrected chi connectivity index (χ0v) is 11.3. The number of hydrogen-bond acceptors (Lipinski definition) is 4. The molecule has 0 amide bonds. The molecule has 0 bridgehead atoms. The Morgan fingerprint density at radius 3 is 2.50 bits per heavy atom. The van der Waals surface area contributed by atoms with Gasteiger partial charge in [0.15, 0.2) is 0 Å². The Morgan fingerprint density at radius 2 is 1.95 bits per heavy atom. The lowest BCUT2D eigenvalue weighted by atomic mass is 10.1. The lowest BCUT2D eigenvalue weighted by molar-refractivity contribution is -0.137. The van der Waals surface area contributed by atoms with Crippen molar-refractivity contribution in [2.75, 3.05) is 5.32 Å². The van der Waals surface area contributed by atoms with Crippen LogP contribution in [0.3, 0.4) is 0 Å². The fourth-order valence-corrected chi connectivity index (χ4v) is 1.75. The molecule has 0 atom stereocenters. The summed E-state index contributed by atoms with van der Waals surface area (Å²) in [4.78, 5) is 3.95. The minimum Gasteiger partial charge on any atom is -0.411 e. The Labute approximate surface area is 123 Å². The monoisotopic (exact) mass is 313 g/mol. The van der Waals surface area contributed by atoms with E-state index in [0.717, 1.165) is 12.1 Å². The molecule has 0 aliphatic heterocycles. The summed E-state index contributed by atoms with van der Waals surface area (Å²) in [5, 5.41) is 14.1. The number of halogens is 4. The average Bonchev–Trinajstić information content (AvgIpc) is 2.48. The molecule has 2 N–H and O–H groups in total. The van der Waals surface area contributed by atoms with Gasteiger partial charge in [0, 0.05) is 0 Å². The topological polar surface area (TPSA) is 57.5 Å². The summed E-state index contributed by atoms with van der Waals surface area (Å²) in [5.74, 6) is -0.971. The molecule has 1 heterocycles. The van der Waals surface area contributed by atoms with Crippen LogP contribution < -0.4 is 5.32 Å². The van der Waals surface area contributed by atoms with E-state index in [0.29, 0.717) is 11.8 Å². The van der Waals surface area contributed by atoms with Gasteiger partial charge in [0.25, 0.3) is 0 Å². The average molecular weight is 313 g/mol. The van der Waals surface area contributed by atoms with Crippen LogP contribution in [0.4, 0.5) is 28.9 Å². The van der Waals surface area contributed by atoms with E-state index in [1.807, 2.05) is 0 Å². The van der Waals surface area contributed by atoms with E-state index in [1.54, 1.807) is 0 Å². The Hall–Kier alpha value is -2.64. The first-order valence-corrected chi connectivity index (χ1v) is 6.10. The Bertz CT molecular complexity index is 696.